The Morgan fingerprint density at radius 1 is 1.50 bits per heavy atom. The van der Waals surface area contributed by atoms with E-state index in [0.29, 0.717) is 19.5 Å². The third kappa shape index (κ3) is 2.96. The molecule has 0 bridgehead atoms. The van der Waals surface area contributed by atoms with Crippen molar-refractivity contribution in [1.82, 2.24) is 0 Å². The van der Waals surface area contributed by atoms with Gasteiger partial charge in [-0.1, -0.05) is 0 Å². The first-order chi connectivity index (χ1) is 3.62. The minimum atomic E-state index is -0.899. The van der Waals surface area contributed by atoms with Gasteiger partial charge < -0.3 is 0 Å². The average Bonchev–Trinajstić information content (AvgIpc) is 1.67. The quantitative estimate of drug-likeness (QED) is 0.426. The van der Waals surface area contributed by atoms with Gasteiger partial charge in [-0.2, -0.15) is 10.4 Å². The van der Waals surface area contributed by atoms with Gasteiger partial charge in [0.1, 0.15) is 13.1 Å². The highest BCUT2D eigenvalue weighted by Crippen LogP contribution is 1.94. The van der Waals surface area contributed by atoms with Gasteiger partial charge >= 0.3 is 0 Å². The Morgan fingerprint density at radius 3 is 2.12 bits per heavy atom. The molecule has 0 spiro atoms. The van der Waals surface area contributed by atoms with E-state index < -0.39 is 4.81 Å². The first kappa shape index (κ1) is 7.88. The second-order valence-corrected chi connectivity index (χ2v) is 1.77. The van der Waals surface area contributed by atoms with Crippen LogP contribution in [0.25, 0.3) is 0 Å². The minimum absolute atomic E-state index is 0.302. The fraction of sp³-hybridized carbons (Fsp3) is 0.800. The third-order valence-electron chi connectivity index (χ3n) is 1.02. The van der Waals surface area contributed by atoms with Crippen LogP contribution in [0, 0.1) is 6.92 Å². The van der Waals surface area contributed by atoms with E-state index in [1.54, 1.807) is 6.92 Å². The SMILES string of the molecule is [CH2]CC[N+](O)(O)CC. The summed E-state index contributed by atoms with van der Waals surface area (Å²) in [6, 6.07) is 0. The smallest absolute Gasteiger partial charge is 0.142 e. The standard InChI is InChI=1S/C5H13NO2/c1-3-5-6(7,8)4-2/h7-8H,1,3-5H2,2H3/q+1. The molecular weight excluding hydrogens is 106 g/mol. The van der Waals surface area contributed by atoms with Crippen molar-refractivity contribution < 1.29 is 15.2 Å². The molecule has 0 amide bonds. The van der Waals surface area contributed by atoms with E-state index in [1.165, 1.54) is 0 Å². The van der Waals surface area contributed by atoms with Crippen LogP contribution in [0.2, 0.25) is 0 Å². The lowest BCUT2D eigenvalue weighted by atomic mass is 10.5. The number of nitrogens with zero attached hydrogens (tertiary/aromatic N) is 1. The molecule has 0 rings (SSSR count). The number of rotatable bonds is 3. The number of hydrogen-bond donors (Lipinski definition) is 2. The zero-order valence-corrected chi connectivity index (χ0v) is 5.17. The Morgan fingerprint density at radius 2 is 2.00 bits per heavy atom. The Bertz CT molecular complexity index is 63.4. The molecule has 0 aliphatic heterocycles. The lowest BCUT2D eigenvalue weighted by Crippen LogP contribution is -2.41. The van der Waals surface area contributed by atoms with Crippen molar-refractivity contribution in [2.24, 2.45) is 0 Å². The Labute approximate surface area is 49.7 Å². The van der Waals surface area contributed by atoms with E-state index in [9.17, 15) is 0 Å². The molecule has 3 nitrogen and oxygen atoms in total. The van der Waals surface area contributed by atoms with Crippen LogP contribution in [0.3, 0.4) is 0 Å². The topological polar surface area (TPSA) is 40.5 Å². The summed E-state index contributed by atoms with van der Waals surface area (Å²) in [4.78, 5) is -0.899. The maximum atomic E-state index is 8.78. The Hall–Kier alpha value is -0.120. The molecule has 49 valence electrons. The van der Waals surface area contributed by atoms with E-state index in [2.05, 4.69) is 6.92 Å². The molecule has 0 aliphatic carbocycles. The molecule has 0 aromatic carbocycles. The minimum Gasteiger partial charge on any atom is -0.182 e. The number of quaternary nitrogens is 1. The highest BCUT2D eigenvalue weighted by Gasteiger charge is 2.16. The molecule has 0 atom stereocenters. The molecule has 0 fully saturated rings. The Kier molecular flexibility index (Phi) is 2.97. The molecule has 0 aromatic heterocycles. The van der Waals surface area contributed by atoms with Gasteiger partial charge in [0.15, 0.2) is 0 Å². The molecule has 0 aromatic rings. The van der Waals surface area contributed by atoms with E-state index in [1.807, 2.05) is 0 Å². The molecule has 3 heteroatoms. The lowest BCUT2D eigenvalue weighted by Gasteiger charge is -2.17. The van der Waals surface area contributed by atoms with Crippen molar-refractivity contribution in [3.63, 3.8) is 0 Å². The highest BCUT2D eigenvalue weighted by atomic mass is 16.8. The molecule has 8 heavy (non-hydrogen) atoms. The van der Waals surface area contributed by atoms with Crippen molar-refractivity contribution in [2.75, 3.05) is 13.1 Å². The first-order valence-corrected chi connectivity index (χ1v) is 2.74. The van der Waals surface area contributed by atoms with Crippen LogP contribution in [-0.2, 0) is 0 Å². The second-order valence-electron chi connectivity index (χ2n) is 1.77. The van der Waals surface area contributed by atoms with Gasteiger partial charge in [0.05, 0.1) is 0 Å². The van der Waals surface area contributed by atoms with Gasteiger partial charge in [0.25, 0.3) is 0 Å². The van der Waals surface area contributed by atoms with E-state index >= 15 is 0 Å². The second kappa shape index (κ2) is 3.02. The molecular formula is C5H13NO2+. The predicted octanol–water partition coefficient (Wildman–Crippen LogP) is 0.826. The summed E-state index contributed by atoms with van der Waals surface area (Å²) in [5, 5.41) is 17.6. The van der Waals surface area contributed by atoms with E-state index in [0.717, 1.165) is 0 Å². The monoisotopic (exact) mass is 119 g/mol. The summed E-state index contributed by atoms with van der Waals surface area (Å²) < 4.78 is 0. The summed E-state index contributed by atoms with van der Waals surface area (Å²) in [6.45, 7) is 5.80. The first-order valence-electron chi connectivity index (χ1n) is 2.74. The molecule has 2 N–H and O–H groups in total. The third-order valence-corrected chi connectivity index (χ3v) is 1.02. The maximum absolute atomic E-state index is 8.78. The zero-order valence-electron chi connectivity index (χ0n) is 5.17. The summed E-state index contributed by atoms with van der Waals surface area (Å²) in [5.41, 5.74) is 0. The largest absolute Gasteiger partial charge is 0.182 e. The van der Waals surface area contributed by atoms with Crippen LogP contribution in [0.4, 0.5) is 0 Å². The normalized spacial score (nSPS) is 12.0. The fourth-order valence-corrected chi connectivity index (χ4v) is 0.411. The molecule has 0 saturated carbocycles. The van der Waals surface area contributed by atoms with Gasteiger partial charge in [-0.25, -0.2) is 0 Å². The predicted molar refractivity (Wildman–Crippen MR) is 29.2 cm³/mol. The molecule has 0 aliphatic rings. The van der Waals surface area contributed by atoms with Gasteiger partial charge in [0, 0.05) is 6.42 Å². The summed E-state index contributed by atoms with van der Waals surface area (Å²) in [5.74, 6) is 0. The van der Waals surface area contributed by atoms with Crippen molar-refractivity contribution in [3.05, 3.63) is 6.92 Å². The van der Waals surface area contributed by atoms with Crippen LogP contribution in [0.15, 0.2) is 0 Å². The van der Waals surface area contributed by atoms with Crippen molar-refractivity contribution >= 4 is 0 Å². The van der Waals surface area contributed by atoms with Crippen molar-refractivity contribution in [2.45, 2.75) is 13.3 Å². The maximum Gasteiger partial charge on any atom is 0.142 e. The Balaban J connectivity index is 3.37. The van der Waals surface area contributed by atoms with Gasteiger partial charge in [0.2, 0.25) is 0 Å². The van der Waals surface area contributed by atoms with Crippen LogP contribution in [0.1, 0.15) is 13.3 Å². The zero-order chi connectivity index (χ0) is 6.62. The summed E-state index contributed by atoms with van der Waals surface area (Å²) >= 11 is 0. The van der Waals surface area contributed by atoms with E-state index in [4.69, 9.17) is 10.4 Å². The van der Waals surface area contributed by atoms with Crippen LogP contribution in [-0.4, -0.2) is 28.3 Å². The molecule has 0 saturated heterocycles. The van der Waals surface area contributed by atoms with Gasteiger partial charge in [-0.3, -0.25) is 0 Å². The fourth-order valence-electron chi connectivity index (χ4n) is 0.411. The highest BCUT2D eigenvalue weighted by molar-refractivity contribution is 4.31. The average molecular weight is 119 g/mol. The van der Waals surface area contributed by atoms with E-state index in [-0.39, 0.29) is 0 Å². The van der Waals surface area contributed by atoms with Crippen molar-refractivity contribution in [1.29, 1.82) is 0 Å². The number of hydrogen-bond acceptors (Lipinski definition) is 2. The molecule has 1 radical (unpaired) electrons. The van der Waals surface area contributed by atoms with Crippen LogP contribution >= 0.6 is 0 Å². The van der Waals surface area contributed by atoms with Crippen LogP contribution in [0.5, 0.6) is 0 Å². The summed E-state index contributed by atoms with van der Waals surface area (Å²) in [6.07, 6.45) is 0.542. The van der Waals surface area contributed by atoms with Crippen molar-refractivity contribution in [3.8, 4) is 0 Å². The molecule has 0 unspecified atom stereocenters. The van der Waals surface area contributed by atoms with Crippen LogP contribution < -0.4 is 0 Å². The van der Waals surface area contributed by atoms with Gasteiger partial charge in [-0.05, 0) is 18.7 Å². The lowest BCUT2D eigenvalue weighted by molar-refractivity contribution is -1.24. The number of hydroxylamine groups is 4. The summed E-state index contributed by atoms with van der Waals surface area (Å²) in [7, 11) is 0. The molecule has 0 heterocycles. The van der Waals surface area contributed by atoms with Gasteiger partial charge in [-0.15, -0.1) is 0 Å².